The number of likely N-dealkylation sites (tertiary alicyclic amines) is 1. The van der Waals surface area contributed by atoms with Gasteiger partial charge in [-0.05, 0) is 25.3 Å². The van der Waals surface area contributed by atoms with Crippen LogP contribution in [0.25, 0.3) is 0 Å². The second-order valence-corrected chi connectivity index (χ2v) is 9.00. The van der Waals surface area contributed by atoms with E-state index in [9.17, 15) is 4.79 Å². The molecule has 1 saturated carbocycles. The molecular formula is C22H30N4OS. The van der Waals surface area contributed by atoms with Gasteiger partial charge >= 0.3 is 0 Å². The lowest BCUT2D eigenvalue weighted by atomic mass is 9.94. The van der Waals surface area contributed by atoms with Crippen molar-refractivity contribution >= 4 is 22.4 Å². The van der Waals surface area contributed by atoms with Crippen molar-refractivity contribution in [2.75, 3.05) is 18.0 Å². The highest BCUT2D eigenvalue weighted by Crippen LogP contribution is 2.32. The molecule has 1 aromatic carbocycles. The largest absolute Gasteiger partial charge is 0.326 e. The Morgan fingerprint density at radius 2 is 1.96 bits per heavy atom. The molecule has 1 unspecified atom stereocenters. The highest BCUT2D eigenvalue weighted by Gasteiger charge is 2.39. The van der Waals surface area contributed by atoms with E-state index in [4.69, 9.17) is 5.73 Å². The molecule has 6 heteroatoms. The topological polar surface area (TPSA) is 62.5 Å². The lowest BCUT2D eigenvalue weighted by molar-refractivity contribution is -0.123. The fourth-order valence-corrected chi connectivity index (χ4v) is 5.41. The number of rotatable bonds is 5. The molecule has 1 aliphatic heterocycles. The standard InChI is InChI=1S/C22H30N4OS/c1-16(25-14-19(20(23)15-25)17-8-4-2-5-9-17)21(27)26(22-24-12-13-28-22)18-10-6-3-7-11-18/h2,4-5,8-9,12-13,16,18-20H,3,6-7,10-11,14-15,23H2,1H3/t16?,19-,20+/m0/s1. The van der Waals surface area contributed by atoms with Crippen LogP contribution in [-0.4, -0.2) is 47.0 Å². The number of carbonyl (C=O) groups excluding carboxylic acids is 1. The predicted octanol–water partition coefficient (Wildman–Crippen LogP) is 3.62. The summed E-state index contributed by atoms with van der Waals surface area (Å²) in [5, 5.41) is 2.80. The minimum atomic E-state index is -0.189. The molecule has 1 aromatic heterocycles. The quantitative estimate of drug-likeness (QED) is 0.835. The third kappa shape index (κ3) is 4.00. The van der Waals surface area contributed by atoms with Crippen molar-refractivity contribution < 1.29 is 4.79 Å². The van der Waals surface area contributed by atoms with Crippen LogP contribution in [0.1, 0.15) is 50.5 Å². The van der Waals surface area contributed by atoms with Gasteiger partial charge in [0.1, 0.15) is 0 Å². The minimum Gasteiger partial charge on any atom is -0.326 e. The van der Waals surface area contributed by atoms with E-state index in [-0.39, 0.29) is 30.0 Å². The van der Waals surface area contributed by atoms with E-state index < -0.39 is 0 Å². The Hall–Kier alpha value is -1.76. The molecular weight excluding hydrogens is 368 g/mol. The first-order chi connectivity index (χ1) is 13.6. The lowest BCUT2D eigenvalue weighted by Crippen LogP contribution is -2.51. The first-order valence-electron chi connectivity index (χ1n) is 10.4. The predicted molar refractivity (Wildman–Crippen MR) is 115 cm³/mol. The van der Waals surface area contributed by atoms with Crippen LogP contribution in [0.3, 0.4) is 0 Å². The van der Waals surface area contributed by atoms with Gasteiger partial charge in [0.25, 0.3) is 0 Å². The molecule has 0 spiro atoms. The molecule has 0 bridgehead atoms. The summed E-state index contributed by atoms with van der Waals surface area (Å²) in [7, 11) is 0. The van der Waals surface area contributed by atoms with Gasteiger partial charge in [0, 0.05) is 42.7 Å². The number of amides is 1. The van der Waals surface area contributed by atoms with E-state index in [0.29, 0.717) is 0 Å². The van der Waals surface area contributed by atoms with Crippen molar-refractivity contribution in [3.8, 4) is 0 Å². The molecule has 28 heavy (non-hydrogen) atoms. The Morgan fingerprint density at radius 3 is 2.64 bits per heavy atom. The molecule has 0 radical (unpaired) electrons. The third-order valence-corrected chi connectivity index (χ3v) is 7.10. The van der Waals surface area contributed by atoms with Gasteiger partial charge in [-0.3, -0.25) is 14.6 Å². The van der Waals surface area contributed by atoms with Crippen LogP contribution in [0.2, 0.25) is 0 Å². The highest BCUT2D eigenvalue weighted by atomic mass is 32.1. The van der Waals surface area contributed by atoms with Gasteiger partial charge in [0.15, 0.2) is 5.13 Å². The van der Waals surface area contributed by atoms with E-state index in [2.05, 4.69) is 34.1 Å². The molecule has 5 nitrogen and oxygen atoms in total. The average molecular weight is 399 g/mol. The molecule has 2 aromatic rings. The maximum atomic E-state index is 13.6. The van der Waals surface area contributed by atoms with Gasteiger partial charge in [-0.2, -0.15) is 0 Å². The van der Waals surface area contributed by atoms with Crippen molar-refractivity contribution in [1.29, 1.82) is 0 Å². The second-order valence-electron chi connectivity index (χ2n) is 8.13. The SMILES string of the molecule is CC(C(=O)N(c1nccs1)C1CCCCC1)N1C[C@@H](N)[C@H](c2ccccc2)C1. The van der Waals surface area contributed by atoms with Crippen molar-refractivity contribution in [3.63, 3.8) is 0 Å². The normalized spacial score (nSPS) is 24.9. The Labute approximate surface area is 171 Å². The van der Waals surface area contributed by atoms with Crippen LogP contribution in [-0.2, 0) is 4.79 Å². The number of carbonyl (C=O) groups is 1. The minimum absolute atomic E-state index is 0.0562. The zero-order chi connectivity index (χ0) is 19.5. The van der Waals surface area contributed by atoms with Gasteiger partial charge < -0.3 is 5.73 Å². The molecule has 2 aliphatic rings. The number of aromatic nitrogens is 1. The molecule has 1 saturated heterocycles. The van der Waals surface area contributed by atoms with Crippen LogP contribution >= 0.6 is 11.3 Å². The fourth-order valence-electron chi connectivity index (χ4n) is 4.69. The molecule has 1 aliphatic carbocycles. The van der Waals surface area contributed by atoms with Crippen molar-refractivity contribution in [2.45, 2.75) is 63.1 Å². The number of nitrogens with two attached hydrogens (primary N) is 1. The number of hydrogen-bond acceptors (Lipinski definition) is 5. The van der Waals surface area contributed by atoms with Crippen LogP contribution in [0.4, 0.5) is 5.13 Å². The van der Waals surface area contributed by atoms with Crippen LogP contribution in [0, 0.1) is 0 Å². The first kappa shape index (κ1) is 19.6. The maximum absolute atomic E-state index is 13.6. The first-order valence-corrected chi connectivity index (χ1v) is 11.3. The Morgan fingerprint density at radius 1 is 1.21 bits per heavy atom. The van der Waals surface area contributed by atoms with E-state index >= 15 is 0 Å². The number of thiazole rings is 1. The van der Waals surface area contributed by atoms with Crippen molar-refractivity contribution in [3.05, 3.63) is 47.5 Å². The van der Waals surface area contributed by atoms with Crippen molar-refractivity contribution in [1.82, 2.24) is 9.88 Å². The van der Waals surface area contributed by atoms with Gasteiger partial charge in [-0.15, -0.1) is 11.3 Å². The summed E-state index contributed by atoms with van der Waals surface area (Å²) in [4.78, 5) is 22.3. The van der Waals surface area contributed by atoms with Crippen LogP contribution in [0.15, 0.2) is 41.9 Å². The zero-order valence-electron chi connectivity index (χ0n) is 16.5. The molecule has 2 N–H and O–H groups in total. The number of nitrogens with zero attached hydrogens (tertiary/aromatic N) is 3. The Balaban J connectivity index is 1.51. The van der Waals surface area contributed by atoms with Gasteiger partial charge in [-0.1, -0.05) is 49.6 Å². The Kier molecular flexibility index (Phi) is 6.09. The van der Waals surface area contributed by atoms with E-state index in [1.807, 2.05) is 23.3 Å². The molecule has 2 fully saturated rings. The monoisotopic (exact) mass is 398 g/mol. The third-order valence-electron chi connectivity index (χ3n) is 6.33. The van der Waals surface area contributed by atoms with E-state index in [0.717, 1.165) is 31.1 Å². The van der Waals surface area contributed by atoms with Crippen molar-refractivity contribution in [2.24, 2.45) is 5.73 Å². The van der Waals surface area contributed by atoms with Gasteiger partial charge in [-0.25, -0.2) is 4.98 Å². The van der Waals surface area contributed by atoms with E-state index in [1.54, 1.807) is 17.5 Å². The molecule has 2 heterocycles. The highest BCUT2D eigenvalue weighted by molar-refractivity contribution is 7.13. The number of anilines is 1. The fraction of sp³-hybridized carbons (Fsp3) is 0.545. The maximum Gasteiger partial charge on any atom is 0.246 e. The lowest BCUT2D eigenvalue weighted by Gasteiger charge is -2.36. The number of hydrogen-bond donors (Lipinski definition) is 1. The molecule has 3 atom stereocenters. The molecule has 4 rings (SSSR count). The zero-order valence-corrected chi connectivity index (χ0v) is 17.4. The molecule has 150 valence electrons. The summed E-state index contributed by atoms with van der Waals surface area (Å²) in [5.74, 6) is 0.446. The van der Waals surface area contributed by atoms with E-state index in [1.165, 1.54) is 24.8 Å². The second kappa shape index (κ2) is 8.72. The molecule has 1 amide bonds. The number of benzene rings is 1. The van der Waals surface area contributed by atoms with Gasteiger partial charge in [0.2, 0.25) is 5.91 Å². The summed E-state index contributed by atoms with van der Waals surface area (Å²) in [6.45, 7) is 3.61. The smallest absolute Gasteiger partial charge is 0.246 e. The average Bonchev–Trinajstić information content (AvgIpc) is 3.39. The summed E-state index contributed by atoms with van der Waals surface area (Å²) < 4.78 is 0. The van der Waals surface area contributed by atoms with Crippen LogP contribution < -0.4 is 10.6 Å². The summed E-state index contributed by atoms with van der Waals surface area (Å²) in [5.41, 5.74) is 7.74. The van der Waals surface area contributed by atoms with Gasteiger partial charge in [0.05, 0.1) is 6.04 Å². The summed E-state index contributed by atoms with van der Waals surface area (Å²) in [6.07, 6.45) is 7.60. The summed E-state index contributed by atoms with van der Waals surface area (Å²) >= 11 is 1.56. The van der Waals surface area contributed by atoms with Crippen LogP contribution in [0.5, 0.6) is 0 Å². The summed E-state index contributed by atoms with van der Waals surface area (Å²) in [6, 6.07) is 10.6. The Bertz CT molecular complexity index is 760.